The highest BCUT2D eigenvalue weighted by Crippen LogP contribution is 2.26. The fourth-order valence-corrected chi connectivity index (χ4v) is 3.24. The molecule has 1 amide bonds. The number of rotatable bonds is 4. The Morgan fingerprint density at radius 3 is 2.73 bits per heavy atom. The molecule has 1 heterocycles. The van der Waals surface area contributed by atoms with Crippen molar-refractivity contribution in [2.24, 2.45) is 5.92 Å². The smallest absolute Gasteiger partial charge is 0.252 e. The monoisotopic (exact) mass is 296 g/mol. The number of aldehydes is 1. The fraction of sp³-hybridized carbons (Fsp3) is 0.389. The second-order valence-corrected chi connectivity index (χ2v) is 5.97. The number of fused-ring (bicyclic) bond motifs is 1. The standard InChI is InChI=1S/C18H20N2O2/c21-12-10-13-5-7-14(8-6-13)20-18(22)16-9-11-19-17-4-2-1-3-15(16)17/h1-4,9,11-14H,5-8,10H2,(H,20,22)/t13-,14-. The Balaban J connectivity index is 1.68. The van der Waals surface area contributed by atoms with Crippen LogP contribution in [0.3, 0.4) is 0 Å². The first-order valence-electron chi connectivity index (χ1n) is 7.86. The number of aromatic nitrogens is 1. The van der Waals surface area contributed by atoms with Crippen molar-refractivity contribution in [3.8, 4) is 0 Å². The number of carbonyl (C=O) groups excluding carboxylic acids is 2. The number of nitrogens with one attached hydrogen (secondary N) is 1. The van der Waals surface area contributed by atoms with E-state index in [1.54, 1.807) is 12.3 Å². The Labute approximate surface area is 129 Å². The second kappa shape index (κ2) is 6.69. The van der Waals surface area contributed by atoms with E-state index >= 15 is 0 Å². The van der Waals surface area contributed by atoms with E-state index in [2.05, 4.69) is 10.3 Å². The summed E-state index contributed by atoms with van der Waals surface area (Å²) in [6.07, 6.45) is 7.27. The van der Waals surface area contributed by atoms with E-state index < -0.39 is 0 Å². The molecule has 1 saturated carbocycles. The van der Waals surface area contributed by atoms with Crippen LogP contribution in [0.15, 0.2) is 36.5 Å². The molecule has 114 valence electrons. The largest absolute Gasteiger partial charge is 0.349 e. The summed E-state index contributed by atoms with van der Waals surface area (Å²) in [7, 11) is 0. The van der Waals surface area contributed by atoms with Gasteiger partial charge in [0.1, 0.15) is 6.29 Å². The lowest BCUT2D eigenvalue weighted by molar-refractivity contribution is -0.108. The van der Waals surface area contributed by atoms with E-state index in [1.807, 2.05) is 24.3 Å². The van der Waals surface area contributed by atoms with Gasteiger partial charge in [0.15, 0.2) is 0 Å². The molecule has 0 atom stereocenters. The third kappa shape index (κ3) is 3.16. The Bertz CT molecular complexity index is 670. The van der Waals surface area contributed by atoms with Crippen LogP contribution in [0.4, 0.5) is 0 Å². The highest BCUT2D eigenvalue weighted by atomic mass is 16.1. The van der Waals surface area contributed by atoms with Crippen molar-refractivity contribution in [3.05, 3.63) is 42.1 Å². The minimum absolute atomic E-state index is 0.0302. The summed E-state index contributed by atoms with van der Waals surface area (Å²) in [5.41, 5.74) is 1.52. The maximum absolute atomic E-state index is 12.5. The number of hydrogen-bond acceptors (Lipinski definition) is 3. The van der Waals surface area contributed by atoms with Crippen molar-refractivity contribution in [3.63, 3.8) is 0 Å². The molecular formula is C18H20N2O2. The number of carbonyl (C=O) groups is 2. The summed E-state index contributed by atoms with van der Waals surface area (Å²) in [5, 5.41) is 4.02. The minimum atomic E-state index is -0.0302. The first-order valence-corrected chi connectivity index (χ1v) is 7.86. The van der Waals surface area contributed by atoms with E-state index in [-0.39, 0.29) is 11.9 Å². The van der Waals surface area contributed by atoms with Crippen LogP contribution < -0.4 is 5.32 Å². The van der Waals surface area contributed by atoms with Crippen molar-refractivity contribution in [1.82, 2.24) is 10.3 Å². The van der Waals surface area contributed by atoms with Crippen molar-refractivity contribution in [2.75, 3.05) is 0 Å². The van der Waals surface area contributed by atoms with Crippen LogP contribution in [0.2, 0.25) is 0 Å². The molecule has 4 nitrogen and oxygen atoms in total. The van der Waals surface area contributed by atoms with Crippen molar-refractivity contribution in [2.45, 2.75) is 38.1 Å². The molecule has 0 spiro atoms. The van der Waals surface area contributed by atoms with Gasteiger partial charge in [-0.2, -0.15) is 0 Å². The average molecular weight is 296 g/mol. The van der Waals surface area contributed by atoms with Crippen LogP contribution >= 0.6 is 0 Å². The highest BCUT2D eigenvalue weighted by molar-refractivity contribution is 6.06. The van der Waals surface area contributed by atoms with Gasteiger partial charge in [-0.1, -0.05) is 18.2 Å². The van der Waals surface area contributed by atoms with E-state index in [4.69, 9.17) is 0 Å². The van der Waals surface area contributed by atoms with E-state index in [9.17, 15) is 9.59 Å². The molecule has 22 heavy (non-hydrogen) atoms. The Morgan fingerprint density at radius 2 is 1.95 bits per heavy atom. The fourth-order valence-electron chi connectivity index (χ4n) is 3.24. The summed E-state index contributed by atoms with van der Waals surface area (Å²) in [5.74, 6) is 0.463. The molecule has 1 N–H and O–H groups in total. The quantitative estimate of drug-likeness (QED) is 0.882. The summed E-state index contributed by atoms with van der Waals surface area (Å²) < 4.78 is 0. The number of pyridine rings is 1. The maximum atomic E-state index is 12.5. The van der Waals surface area contributed by atoms with Gasteiger partial charge in [-0.05, 0) is 43.7 Å². The van der Waals surface area contributed by atoms with Gasteiger partial charge in [0, 0.05) is 24.0 Å². The summed E-state index contributed by atoms with van der Waals surface area (Å²) >= 11 is 0. The zero-order chi connectivity index (χ0) is 15.4. The zero-order valence-corrected chi connectivity index (χ0v) is 12.5. The molecule has 0 saturated heterocycles. The van der Waals surface area contributed by atoms with Crippen molar-refractivity contribution in [1.29, 1.82) is 0 Å². The summed E-state index contributed by atoms with van der Waals surface area (Å²) in [6.45, 7) is 0. The molecule has 3 rings (SSSR count). The lowest BCUT2D eigenvalue weighted by Crippen LogP contribution is -2.37. The van der Waals surface area contributed by atoms with E-state index in [0.717, 1.165) is 42.9 Å². The number of benzene rings is 1. The number of hydrogen-bond donors (Lipinski definition) is 1. The van der Waals surface area contributed by atoms with Gasteiger partial charge in [0.2, 0.25) is 0 Å². The van der Waals surface area contributed by atoms with Crippen LogP contribution in [0, 0.1) is 5.92 Å². The molecule has 0 bridgehead atoms. The zero-order valence-electron chi connectivity index (χ0n) is 12.5. The Hall–Kier alpha value is -2.23. The first kappa shape index (κ1) is 14.7. The first-order chi connectivity index (χ1) is 10.8. The van der Waals surface area contributed by atoms with Crippen LogP contribution in [0.25, 0.3) is 10.9 Å². The highest BCUT2D eigenvalue weighted by Gasteiger charge is 2.23. The molecule has 2 aromatic rings. The SMILES string of the molecule is O=CC[C@H]1CC[C@H](NC(=O)c2ccnc3ccccc23)CC1. The van der Waals surface area contributed by atoms with Crippen LogP contribution in [0.1, 0.15) is 42.5 Å². The molecule has 0 radical (unpaired) electrons. The topological polar surface area (TPSA) is 59.1 Å². The normalized spacial score (nSPS) is 21.5. The molecule has 1 fully saturated rings. The molecule has 1 aliphatic carbocycles. The van der Waals surface area contributed by atoms with Gasteiger partial charge in [0.05, 0.1) is 11.1 Å². The summed E-state index contributed by atoms with van der Waals surface area (Å²) in [6, 6.07) is 9.67. The van der Waals surface area contributed by atoms with Gasteiger partial charge in [0.25, 0.3) is 5.91 Å². The third-order valence-electron chi connectivity index (χ3n) is 4.51. The van der Waals surface area contributed by atoms with Gasteiger partial charge >= 0.3 is 0 Å². The van der Waals surface area contributed by atoms with Crippen molar-refractivity contribution < 1.29 is 9.59 Å². The number of para-hydroxylation sites is 1. The second-order valence-electron chi connectivity index (χ2n) is 5.97. The van der Waals surface area contributed by atoms with Crippen LogP contribution in [-0.4, -0.2) is 23.2 Å². The Morgan fingerprint density at radius 1 is 1.18 bits per heavy atom. The lowest BCUT2D eigenvalue weighted by Gasteiger charge is -2.28. The van der Waals surface area contributed by atoms with Gasteiger partial charge in [-0.25, -0.2) is 0 Å². The van der Waals surface area contributed by atoms with E-state index in [1.165, 1.54) is 0 Å². The predicted octanol–water partition coefficient (Wildman–Crippen LogP) is 3.11. The molecule has 1 aliphatic rings. The molecule has 0 aliphatic heterocycles. The molecule has 1 aromatic carbocycles. The minimum Gasteiger partial charge on any atom is -0.349 e. The predicted molar refractivity (Wildman–Crippen MR) is 85.6 cm³/mol. The molecule has 1 aromatic heterocycles. The van der Waals surface area contributed by atoms with Gasteiger partial charge < -0.3 is 10.1 Å². The lowest BCUT2D eigenvalue weighted by atomic mass is 9.84. The molecular weight excluding hydrogens is 276 g/mol. The maximum Gasteiger partial charge on any atom is 0.252 e. The van der Waals surface area contributed by atoms with Gasteiger partial charge in [-0.3, -0.25) is 9.78 Å². The average Bonchev–Trinajstić information content (AvgIpc) is 2.56. The van der Waals surface area contributed by atoms with Crippen LogP contribution in [0.5, 0.6) is 0 Å². The number of amides is 1. The number of nitrogens with zero attached hydrogens (tertiary/aromatic N) is 1. The Kier molecular flexibility index (Phi) is 4.47. The van der Waals surface area contributed by atoms with Gasteiger partial charge in [-0.15, -0.1) is 0 Å². The van der Waals surface area contributed by atoms with E-state index in [0.29, 0.717) is 17.9 Å². The summed E-state index contributed by atoms with van der Waals surface area (Å²) in [4.78, 5) is 27.4. The molecule has 0 unspecified atom stereocenters. The molecule has 4 heteroatoms. The van der Waals surface area contributed by atoms with Crippen molar-refractivity contribution >= 4 is 23.1 Å². The van der Waals surface area contributed by atoms with Crippen LogP contribution in [-0.2, 0) is 4.79 Å². The third-order valence-corrected chi connectivity index (χ3v) is 4.51.